The van der Waals surface area contributed by atoms with Crippen LogP contribution in [0.5, 0.6) is 0 Å². The molecule has 0 aliphatic rings. The molecule has 0 unspecified atom stereocenters. The first-order valence-electron chi connectivity index (χ1n) is 6.44. The maximum absolute atomic E-state index is 13.2. The van der Waals surface area contributed by atoms with Crippen molar-refractivity contribution in [2.45, 2.75) is 13.3 Å². The normalized spacial score (nSPS) is 10.8. The van der Waals surface area contributed by atoms with Gasteiger partial charge in [0, 0.05) is 18.8 Å². The van der Waals surface area contributed by atoms with Crippen LogP contribution >= 0.6 is 0 Å². The van der Waals surface area contributed by atoms with Gasteiger partial charge in [-0.3, -0.25) is 4.79 Å². The quantitative estimate of drug-likeness (QED) is 0.800. The number of hydrogen-bond donors (Lipinski definition) is 1. The van der Waals surface area contributed by atoms with Crippen molar-refractivity contribution in [3.63, 3.8) is 0 Å². The number of halogens is 1. The third-order valence-electron chi connectivity index (χ3n) is 2.95. The molecule has 1 aromatic carbocycles. The van der Waals surface area contributed by atoms with E-state index in [1.54, 1.807) is 4.90 Å². The van der Waals surface area contributed by atoms with E-state index in [2.05, 4.69) is 4.90 Å². The lowest BCUT2D eigenvalue weighted by Crippen LogP contribution is -2.33. The molecule has 5 heteroatoms. The third-order valence-corrected chi connectivity index (χ3v) is 2.95. The molecule has 19 heavy (non-hydrogen) atoms. The number of anilines is 1. The number of nitrogens with zero attached hydrogens (tertiary/aromatic N) is 2. The number of nitrogen functional groups attached to an aromatic ring is 1. The van der Waals surface area contributed by atoms with Crippen LogP contribution in [0.25, 0.3) is 0 Å². The third kappa shape index (κ3) is 4.52. The van der Waals surface area contributed by atoms with Crippen LogP contribution in [0, 0.1) is 5.82 Å². The predicted molar refractivity (Wildman–Crippen MR) is 75.6 cm³/mol. The van der Waals surface area contributed by atoms with E-state index in [1.165, 1.54) is 18.2 Å². The maximum atomic E-state index is 13.2. The van der Waals surface area contributed by atoms with Gasteiger partial charge in [-0.2, -0.15) is 0 Å². The highest BCUT2D eigenvalue weighted by atomic mass is 19.1. The molecule has 0 saturated carbocycles. The van der Waals surface area contributed by atoms with E-state index in [1.807, 2.05) is 21.0 Å². The molecule has 1 aromatic rings. The Labute approximate surface area is 114 Å². The number of hydrogen-bond acceptors (Lipinski definition) is 3. The van der Waals surface area contributed by atoms with Crippen LogP contribution in [-0.2, 0) is 0 Å². The van der Waals surface area contributed by atoms with Crippen molar-refractivity contribution in [1.82, 2.24) is 9.80 Å². The smallest absolute Gasteiger partial charge is 0.256 e. The van der Waals surface area contributed by atoms with Gasteiger partial charge in [0.1, 0.15) is 5.82 Å². The summed E-state index contributed by atoms with van der Waals surface area (Å²) in [6.45, 7) is 4.04. The van der Waals surface area contributed by atoms with Crippen LogP contribution in [0.2, 0.25) is 0 Å². The minimum Gasteiger partial charge on any atom is -0.398 e. The van der Waals surface area contributed by atoms with Gasteiger partial charge in [0.15, 0.2) is 0 Å². The van der Waals surface area contributed by atoms with Gasteiger partial charge in [0.05, 0.1) is 5.56 Å². The van der Waals surface area contributed by atoms with Crippen LogP contribution in [0.15, 0.2) is 18.2 Å². The average Bonchev–Trinajstić information content (AvgIpc) is 2.36. The maximum Gasteiger partial charge on any atom is 0.256 e. The Morgan fingerprint density at radius 3 is 2.58 bits per heavy atom. The van der Waals surface area contributed by atoms with Gasteiger partial charge < -0.3 is 15.5 Å². The van der Waals surface area contributed by atoms with Crippen molar-refractivity contribution in [2.75, 3.05) is 39.5 Å². The molecule has 0 radical (unpaired) electrons. The first kappa shape index (κ1) is 15.4. The number of rotatable bonds is 6. The van der Waals surface area contributed by atoms with E-state index < -0.39 is 5.82 Å². The molecule has 0 fully saturated rings. The molecule has 0 spiro atoms. The molecular weight excluding hydrogens is 245 g/mol. The molecule has 106 valence electrons. The van der Waals surface area contributed by atoms with Crippen molar-refractivity contribution in [3.05, 3.63) is 29.6 Å². The fourth-order valence-corrected chi connectivity index (χ4v) is 1.87. The van der Waals surface area contributed by atoms with Crippen molar-refractivity contribution in [2.24, 2.45) is 0 Å². The number of nitrogens with two attached hydrogens (primary N) is 1. The van der Waals surface area contributed by atoms with E-state index in [0.29, 0.717) is 18.8 Å². The molecule has 2 N–H and O–H groups in total. The number of carbonyl (C=O) groups excluding carboxylic acids is 1. The predicted octanol–water partition coefficient (Wildman–Crippen LogP) is 1.82. The van der Waals surface area contributed by atoms with Crippen LogP contribution < -0.4 is 5.73 Å². The molecule has 0 bridgehead atoms. The zero-order chi connectivity index (χ0) is 14.4. The van der Waals surface area contributed by atoms with E-state index in [-0.39, 0.29) is 11.5 Å². The molecule has 0 heterocycles. The second-order valence-corrected chi connectivity index (χ2v) is 4.77. The molecule has 0 aromatic heterocycles. The summed E-state index contributed by atoms with van der Waals surface area (Å²) in [5.74, 6) is -0.653. The SMILES string of the molecule is CCN(CCCN(C)C)C(=O)c1cc(F)ccc1N. The number of amides is 1. The Morgan fingerprint density at radius 2 is 2.00 bits per heavy atom. The van der Waals surface area contributed by atoms with Gasteiger partial charge in [-0.25, -0.2) is 4.39 Å². The Morgan fingerprint density at radius 1 is 1.32 bits per heavy atom. The summed E-state index contributed by atoms with van der Waals surface area (Å²) < 4.78 is 13.2. The fraction of sp³-hybridized carbons (Fsp3) is 0.500. The summed E-state index contributed by atoms with van der Waals surface area (Å²) >= 11 is 0. The molecule has 1 rings (SSSR count). The molecule has 0 aliphatic carbocycles. The summed E-state index contributed by atoms with van der Waals surface area (Å²) in [7, 11) is 3.98. The molecule has 1 amide bonds. The number of benzene rings is 1. The highest BCUT2D eigenvalue weighted by Crippen LogP contribution is 2.16. The monoisotopic (exact) mass is 267 g/mol. The van der Waals surface area contributed by atoms with Crippen molar-refractivity contribution in [3.8, 4) is 0 Å². The average molecular weight is 267 g/mol. The van der Waals surface area contributed by atoms with Gasteiger partial charge in [-0.15, -0.1) is 0 Å². The first-order chi connectivity index (χ1) is 8.95. The zero-order valence-electron chi connectivity index (χ0n) is 11.8. The van der Waals surface area contributed by atoms with Crippen LogP contribution in [-0.4, -0.2) is 49.4 Å². The minimum atomic E-state index is -0.443. The van der Waals surface area contributed by atoms with Gasteiger partial charge in [0.25, 0.3) is 5.91 Å². The first-order valence-corrected chi connectivity index (χ1v) is 6.44. The van der Waals surface area contributed by atoms with E-state index in [4.69, 9.17) is 5.73 Å². The lowest BCUT2D eigenvalue weighted by molar-refractivity contribution is 0.0760. The Balaban J connectivity index is 2.75. The second-order valence-electron chi connectivity index (χ2n) is 4.77. The zero-order valence-corrected chi connectivity index (χ0v) is 11.8. The van der Waals surface area contributed by atoms with Gasteiger partial charge in [-0.1, -0.05) is 0 Å². The topological polar surface area (TPSA) is 49.6 Å². The molecule has 0 aliphatic heterocycles. The summed E-state index contributed by atoms with van der Waals surface area (Å²) in [5.41, 5.74) is 6.30. The van der Waals surface area contributed by atoms with Crippen molar-refractivity contribution >= 4 is 11.6 Å². The molecule has 0 saturated heterocycles. The highest BCUT2D eigenvalue weighted by molar-refractivity contribution is 5.99. The Bertz CT molecular complexity index is 435. The van der Waals surface area contributed by atoms with E-state index in [9.17, 15) is 9.18 Å². The fourth-order valence-electron chi connectivity index (χ4n) is 1.87. The highest BCUT2D eigenvalue weighted by Gasteiger charge is 2.17. The summed E-state index contributed by atoms with van der Waals surface area (Å²) in [4.78, 5) is 16.0. The molecule has 4 nitrogen and oxygen atoms in total. The lowest BCUT2D eigenvalue weighted by Gasteiger charge is -2.22. The Kier molecular flexibility index (Phi) is 5.76. The van der Waals surface area contributed by atoms with E-state index >= 15 is 0 Å². The summed E-state index contributed by atoms with van der Waals surface area (Å²) in [5, 5.41) is 0. The van der Waals surface area contributed by atoms with Crippen LogP contribution in [0.3, 0.4) is 0 Å². The van der Waals surface area contributed by atoms with Crippen LogP contribution in [0.4, 0.5) is 10.1 Å². The summed E-state index contributed by atoms with van der Waals surface area (Å²) in [6, 6.07) is 3.89. The van der Waals surface area contributed by atoms with Crippen LogP contribution in [0.1, 0.15) is 23.7 Å². The largest absolute Gasteiger partial charge is 0.398 e. The standard InChI is InChI=1S/C14H22FN3O/c1-4-18(9-5-8-17(2)3)14(19)12-10-11(15)6-7-13(12)16/h6-7,10H,4-5,8-9,16H2,1-3H3. The van der Waals surface area contributed by atoms with Gasteiger partial charge in [0.2, 0.25) is 0 Å². The molecular formula is C14H22FN3O. The number of carbonyl (C=O) groups is 1. The minimum absolute atomic E-state index is 0.210. The van der Waals surface area contributed by atoms with Gasteiger partial charge >= 0.3 is 0 Å². The lowest BCUT2D eigenvalue weighted by atomic mass is 10.1. The molecule has 0 atom stereocenters. The van der Waals surface area contributed by atoms with E-state index in [0.717, 1.165) is 13.0 Å². The Hall–Kier alpha value is -1.62. The van der Waals surface area contributed by atoms with Crippen molar-refractivity contribution in [1.29, 1.82) is 0 Å². The second kappa shape index (κ2) is 7.09. The summed E-state index contributed by atoms with van der Waals surface area (Å²) in [6.07, 6.45) is 0.877. The van der Waals surface area contributed by atoms with Crippen molar-refractivity contribution < 1.29 is 9.18 Å². The van der Waals surface area contributed by atoms with Gasteiger partial charge in [-0.05, 0) is 52.2 Å².